The number of benzene rings is 1. The number of aliphatic imine (C=N–C) groups is 1. The van der Waals surface area contributed by atoms with Gasteiger partial charge in [0.2, 0.25) is 0 Å². The largest absolute Gasteiger partial charge is 0.496 e. The number of aromatic nitrogens is 2. The fourth-order valence-corrected chi connectivity index (χ4v) is 3.76. The number of carbonyl (C=O) groups is 1. The lowest BCUT2D eigenvalue weighted by atomic mass is 10.1. The highest BCUT2D eigenvalue weighted by atomic mass is 19.1. The van der Waals surface area contributed by atoms with Gasteiger partial charge in [-0.1, -0.05) is 0 Å². The van der Waals surface area contributed by atoms with Crippen molar-refractivity contribution in [3.63, 3.8) is 0 Å². The smallest absolute Gasteiger partial charge is 0.270 e. The minimum Gasteiger partial charge on any atom is -0.496 e. The van der Waals surface area contributed by atoms with Gasteiger partial charge in [0.15, 0.2) is 0 Å². The van der Waals surface area contributed by atoms with Crippen LogP contribution in [0.25, 0.3) is 0 Å². The highest BCUT2D eigenvalue weighted by molar-refractivity contribution is 6.47. The Morgan fingerprint density at radius 3 is 2.87 bits per heavy atom. The summed E-state index contributed by atoms with van der Waals surface area (Å²) in [6.07, 6.45) is 0.691. The summed E-state index contributed by atoms with van der Waals surface area (Å²) in [5.74, 6) is -0.0384. The standard InChI is InChI=1S/C20H22FN5O4/c1-30-15-5-2-11(21)6-10(15)7-23-20(29)17-16-13(8-22-17)24-9-25-19(16)26-12-3-4-14(27)18(12)28/h2,5-6,9,12,14,18,27-28H,3-4,7-8H2,1H3,(H,23,29)(H,24,25,26)/t12-,14-,18+/m1/s1. The van der Waals surface area contributed by atoms with Crippen molar-refractivity contribution in [1.82, 2.24) is 15.3 Å². The lowest BCUT2D eigenvalue weighted by Gasteiger charge is -2.20. The summed E-state index contributed by atoms with van der Waals surface area (Å²) in [4.78, 5) is 25.5. The molecule has 0 bridgehead atoms. The van der Waals surface area contributed by atoms with E-state index >= 15 is 0 Å². The van der Waals surface area contributed by atoms with Crippen LogP contribution >= 0.6 is 0 Å². The molecule has 30 heavy (non-hydrogen) atoms. The van der Waals surface area contributed by atoms with Crippen LogP contribution in [0.1, 0.15) is 29.7 Å². The quantitative estimate of drug-likeness (QED) is 0.542. The second-order valence-electron chi connectivity index (χ2n) is 7.23. The molecular weight excluding hydrogens is 393 g/mol. The van der Waals surface area contributed by atoms with Gasteiger partial charge in [-0.15, -0.1) is 0 Å². The van der Waals surface area contributed by atoms with Crippen molar-refractivity contribution in [2.45, 2.75) is 44.2 Å². The topological polar surface area (TPSA) is 129 Å². The first kappa shape index (κ1) is 20.2. The molecule has 0 spiro atoms. The van der Waals surface area contributed by atoms with Crippen LogP contribution in [0, 0.1) is 5.82 Å². The predicted molar refractivity (Wildman–Crippen MR) is 106 cm³/mol. The van der Waals surface area contributed by atoms with E-state index in [4.69, 9.17) is 4.74 Å². The Hall–Kier alpha value is -3.11. The van der Waals surface area contributed by atoms with E-state index in [1.165, 1.54) is 31.6 Å². The number of amides is 1. The zero-order chi connectivity index (χ0) is 21.3. The van der Waals surface area contributed by atoms with E-state index in [1.807, 2.05) is 0 Å². The number of hydrogen-bond acceptors (Lipinski definition) is 8. The van der Waals surface area contributed by atoms with Gasteiger partial charge < -0.3 is 25.6 Å². The van der Waals surface area contributed by atoms with Crippen LogP contribution in [-0.2, 0) is 17.9 Å². The lowest BCUT2D eigenvalue weighted by molar-refractivity contribution is -0.114. The van der Waals surface area contributed by atoms with Gasteiger partial charge in [0, 0.05) is 12.1 Å². The molecule has 0 radical (unpaired) electrons. The molecule has 10 heteroatoms. The third-order valence-electron chi connectivity index (χ3n) is 5.35. The molecule has 2 aliphatic rings. The molecule has 0 unspecified atom stereocenters. The van der Waals surface area contributed by atoms with E-state index in [0.29, 0.717) is 41.2 Å². The first-order chi connectivity index (χ1) is 14.5. The van der Waals surface area contributed by atoms with Crippen molar-refractivity contribution in [2.75, 3.05) is 12.4 Å². The Labute approximate surface area is 172 Å². The summed E-state index contributed by atoms with van der Waals surface area (Å²) in [6, 6.07) is 3.69. The van der Waals surface area contributed by atoms with Crippen molar-refractivity contribution in [3.05, 3.63) is 47.2 Å². The zero-order valence-electron chi connectivity index (χ0n) is 16.3. The molecule has 3 atom stereocenters. The number of rotatable bonds is 6. The number of carbonyl (C=O) groups excluding carboxylic acids is 1. The van der Waals surface area contributed by atoms with Crippen LogP contribution < -0.4 is 15.4 Å². The molecule has 1 aliphatic carbocycles. The van der Waals surface area contributed by atoms with Crippen LogP contribution in [0.2, 0.25) is 0 Å². The van der Waals surface area contributed by atoms with Gasteiger partial charge in [-0.25, -0.2) is 14.4 Å². The highest BCUT2D eigenvalue weighted by Gasteiger charge is 2.35. The molecule has 2 heterocycles. The minimum absolute atomic E-state index is 0.0537. The lowest BCUT2D eigenvalue weighted by Crippen LogP contribution is -2.36. The second kappa shape index (κ2) is 8.33. The summed E-state index contributed by atoms with van der Waals surface area (Å²) in [5.41, 5.74) is 1.72. The normalized spacial score (nSPS) is 22.4. The molecule has 2 aromatic rings. The number of nitrogens with zero attached hydrogens (tertiary/aromatic N) is 3. The van der Waals surface area contributed by atoms with E-state index in [9.17, 15) is 19.4 Å². The Bertz CT molecular complexity index is 999. The maximum atomic E-state index is 13.6. The number of ether oxygens (including phenoxy) is 1. The monoisotopic (exact) mass is 415 g/mol. The Morgan fingerprint density at radius 2 is 2.13 bits per heavy atom. The van der Waals surface area contributed by atoms with Gasteiger partial charge in [0.25, 0.3) is 5.91 Å². The number of aliphatic hydroxyl groups is 2. The van der Waals surface area contributed by atoms with Crippen LogP contribution in [0.15, 0.2) is 29.5 Å². The molecule has 4 N–H and O–H groups in total. The first-order valence-corrected chi connectivity index (χ1v) is 9.60. The zero-order valence-corrected chi connectivity index (χ0v) is 16.3. The van der Waals surface area contributed by atoms with E-state index in [1.54, 1.807) is 0 Å². The average Bonchev–Trinajstić information content (AvgIpc) is 3.31. The van der Waals surface area contributed by atoms with E-state index < -0.39 is 23.9 Å². The molecule has 0 saturated heterocycles. The minimum atomic E-state index is -0.924. The summed E-state index contributed by atoms with van der Waals surface area (Å²) in [6.45, 7) is 0.284. The number of halogens is 1. The SMILES string of the molecule is COc1ccc(F)cc1CNC(=O)C1=NCc2ncnc(N[C@@H]3CC[C@@H](O)[C@H]3O)c21. The summed E-state index contributed by atoms with van der Waals surface area (Å²) >= 11 is 0. The predicted octanol–water partition coefficient (Wildman–Crippen LogP) is 0.540. The number of aliphatic hydroxyl groups excluding tert-OH is 2. The number of nitrogens with one attached hydrogen (secondary N) is 2. The van der Waals surface area contributed by atoms with Crippen LogP contribution in [0.4, 0.5) is 10.2 Å². The van der Waals surface area contributed by atoms with Crippen molar-refractivity contribution in [3.8, 4) is 5.75 Å². The van der Waals surface area contributed by atoms with Gasteiger partial charge in [-0.3, -0.25) is 9.79 Å². The highest BCUT2D eigenvalue weighted by Crippen LogP contribution is 2.28. The van der Waals surface area contributed by atoms with Crippen molar-refractivity contribution in [2.24, 2.45) is 4.99 Å². The molecule has 1 aromatic carbocycles. The molecule has 1 saturated carbocycles. The molecule has 9 nitrogen and oxygen atoms in total. The third-order valence-corrected chi connectivity index (χ3v) is 5.35. The number of anilines is 1. The Kier molecular flexibility index (Phi) is 5.60. The maximum Gasteiger partial charge on any atom is 0.270 e. The van der Waals surface area contributed by atoms with Crippen molar-refractivity contribution >= 4 is 17.4 Å². The van der Waals surface area contributed by atoms with Crippen LogP contribution in [0.3, 0.4) is 0 Å². The summed E-state index contributed by atoms with van der Waals surface area (Å²) in [5, 5.41) is 25.7. The molecule has 158 valence electrons. The molecule has 1 aromatic heterocycles. The fourth-order valence-electron chi connectivity index (χ4n) is 3.76. The van der Waals surface area contributed by atoms with Crippen molar-refractivity contribution in [1.29, 1.82) is 0 Å². The third kappa shape index (κ3) is 3.83. The second-order valence-corrected chi connectivity index (χ2v) is 7.23. The van der Waals surface area contributed by atoms with Crippen LogP contribution in [-0.4, -0.2) is 57.2 Å². The van der Waals surface area contributed by atoms with Gasteiger partial charge in [0.1, 0.15) is 29.4 Å². The van der Waals surface area contributed by atoms with Gasteiger partial charge in [-0.2, -0.15) is 0 Å². The van der Waals surface area contributed by atoms with Gasteiger partial charge >= 0.3 is 0 Å². The molecule has 4 rings (SSSR count). The van der Waals surface area contributed by atoms with E-state index in [-0.39, 0.29) is 24.8 Å². The first-order valence-electron chi connectivity index (χ1n) is 9.60. The number of fused-ring (bicyclic) bond motifs is 1. The molecular formula is C20H22FN5O4. The Morgan fingerprint density at radius 1 is 1.30 bits per heavy atom. The number of hydrogen-bond donors (Lipinski definition) is 4. The fraction of sp³-hybridized carbons (Fsp3) is 0.400. The van der Waals surface area contributed by atoms with Crippen molar-refractivity contribution < 1.29 is 24.1 Å². The van der Waals surface area contributed by atoms with Gasteiger partial charge in [-0.05, 0) is 31.0 Å². The van der Waals surface area contributed by atoms with Gasteiger partial charge in [0.05, 0.1) is 43.2 Å². The maximum absolute atomic E-state index is 13.6. The van der Waals surface area contributed by atoms with E-state index in [0.717, 1.165) is 0 Å². The summed E-state index contributed by atoms with van der Waals surface area (Å²) in [7, 11) is 1.47. The van der Waals surface area contributed by atoms with E-state index in [2.05, 4.69) is 25.6 Å². The molecule has 1 amide bonds. The summed E-state index contributed by atoms with van der Waals surface area (Å²) < 4.78 is 18.8. The Balaban J connectivity index is 1.51. The van der Waals surface area contributed by atoms with Crippen LogP contribution in [0.5, 0.6) is 5.75 Å². The molecule has 1 fully saturated rings. The molecule has 1 aliphatic heterocycles. The number of methoxy groups -OCH3 is 1. The average molecular weight is 415 g/mol.